The van der Waals surface area contributed by atoms with Crippen molar-refractivity contribution in [2.45, 2.75) is 12.8 Å². The number of alkyl halides is 2. The molecular weight excluding hydrogens is 288 g/mol. The number of nitro groups is 1. The van der Waals surface area contributed by atoms with Crippen molar-refractivity contribution in [3.05, 3.63) is 33.9 Å². The van der Waals surface area contributed by atoms with Crippen molar-refractivity contribution in [2.75, 3.05) is 19.7 Å². The molecule has 0 unspecified atom stereocenters. The fourth-order valence-electron chi connectivity index (χ4n) is 1.52. The largest absolute Gasteiger partial charge is 0.487 e. The van der Waals surface area contributed by atoms with Crippen LogP contribution in [0.1, 0.15) is 17.3 Å². The summed E-state index contributed by atoms with van der Waals surface area (Å²) in [5.74, 6) is -4.39. The van der Waals surface area contributed by atoms with E-state index in [4.69, 9.17) is 10.5 Å². The van der Waals surface area contributed by atoms with Crippen molar-refractivity contribution in [3.8, 4) is 5.75 Å². The summed E-state index contributed by atoms with van der Waals surface area (Å²) in [6.45, 7) is -0.206. The van der Waals surface area contributed by atoms with Crippen LogP contribution in [0.5, 0.6) is 5.75 Å². The highest BCUT2D eigenvalue weighted by atomic mass is 19.3. The summed E-state index contributed by atoms with van der Waals surface area (Å²) in [5.41, 5.74) is 4.27. The van der Waals surface area contributed by atoms with Gasteiger partial charge < -0.3 is 15.8 Å². The van der Waals surface area contributed by atoms with Gasteiger partial charge >= 0.3 is 5.69 Å². The van der Waals surface area contributed by atoms with E-state index in [1.165, 1.54) is 12.1 Å². The van der Waals surface area contributed by atoms with Gasteiger partial charge in [0.1, 0.15) is 0 Å². The van der Waals surface area contributed by atoms with Crippen LogP contribution in [-0.2, 0) is 0 Å². The molecule has 7 nitrogen and oxygen atoms in total. The van der Waals surface area contributed by atoms with Crippen LogP contribution >= 0.6 is 0 Å². The number of carbonyl (C=O) groups is 1. The number of halogens is 2. The van der Waals surface area contributed by atoms with Gasteiger partial charge in [-0.2, -0.15) is 0 Å². The van der Waals surface area contributed by atoms with Crippen LogP contribution in [-0.4, -0.2) is 36.4 Å². The van der Waals surface area contributed by atoms with Crippen molar-refractivity contribution in [2.24, 2.45) is 5.73 Å². The maximum atomic E-state index is 13.0. The lowest BCUT2D eigenvalue weighted by Gasteiger charge is -2.15. The number of rotatable bonds is 7. The second-order valence-electron chi connectivity index (χ2n) is 4.09. The molecule has 0 bridgehead atoms. The molecule has 0 aliphatic rings. The van der Waals surface area contributed by atoms with Crippen molar-refractivity contribution in [3.63, 3.8) is 0 Å². The number of benzene rings is 1. The Labute approximate surface area is 119 Å². The minimum atomic E-state index is -3.25. The Morgan fingerprint density at radius 3 is 2.71 bits per heavy atom. The second-order valence-corrected chi connectivity index (χ2v) is 4.09. The molecule has 3 N–H and O–H groups in total. The first-order chi connectivity index (χ1) is 9.82. The topological polar surface area (TPSA) is 107 Å². The van der Waals surface area contributed by atoms with E-state index < -0.39 is 35.5 Å². The maximum Gasteiger partial charge on any atom is 0.311 e. The van der Waals surface area contributed by atoms with E-state index in [9.17, 15) is 23.7 Å². The zero-order valence-electron chi connectivity index (χ0n) is 11.3. The standard InChI is InChI=1S/C12H15F2N3O4/c1-2-21-10-8(4-3-5-9(10)17(19)20)11(18)16-7-12(13,14)6-15/h3-5H,2,6-7,15H2,1H3,(H,16,18). The first kappa shape index (κ1) is 16.8. The lowest BCUT2D eigenvalue weighted by molar-refractivity contribution is -0.385. The number of carbonyl (C=O) groups excluding carboxylic acids is 1. The van der Waals surface area contributed by atoms with Crippen LogP contribution in [0.3, 0.4) is 0 Å². The van der Waals surface area contributed by atoms with Crippen LogP contribution in [0.4, 0.5) is 14.5 Å². The van der Waals surface area contributed by atoms with E-state index in [2.05, 4.69) is 0 Å². The summed E-state index contributed by atoms with van der Waals surface area (Å²) in [4.78, 5) is 22.1. The number of hydrogen-bond acceptors (Lipinski definition) is 5. The van der Waals surface area contributed by atoms with Crippen LogP contribution in [0.2, 0.25) is 0 Å². The van der Waals surface area contributed by atoms with Gasteiger partial charge in [-0.05, 0) is 13.0 Å². The van der Waals surface area contributed by atoms with Gasteiger partial charge in [0.15, 0.2) is 0 Å². The Bertz CT molecular complexity index is 537. The SMILES string of the molecule is CCOc1c(C(=O)NCC(F)(F)CN)cccc1[N+](=O)[O-]. The predicted octanol–water partition coefficient (Wildman–Crippen LogP) is 1.32. The average Bonchev–Trinajstić information content (AvgIpc) is 2.45. The van der Waals surface area contributed by atoms with Gasteiger partial charge in [0.25, 0.3) is 11.8 Å². The number of para-hydroxylation sites is 1. The molecule has 0 aliphatic heterocycles. The molecule has 0 atom stereocenters. The molecule has 1 aromatic rings. The Hall–Kier alpha value is -2.29. The number of ether oxygens (including phenoxy) is 1. The molecule has 1 rings (SSSR count). The zero-order valence-corrected chi connectivity index (χ0v) is 11.3. The highest BCUT2D eigenvalue weighted by Crippen LogP contribution is 2.31. The van der Waals surface area contributed by atoms with Crippen LogP contribution in [0.15, 0.2) is 18.2 Å². The Morgan fingerprint density at radius 2 is 2.19 bits per heavy atom. The summed E-state index contributed by atoms with van der Waals surface area (Å²) < 4.78 is 31.1. The quantitative estimate of drug-likeness (QED) is 0.583. The molecule has 0 spiro atoms. The number of nitro benzene ring substituents is 1. The smallest absolute Gasteiger partial charge is 0.311 e. The minimum absolute atomic E-state index is 0.0874. The van der Waals surface area contributed by atoms with Crippen LogP contribution in [0, 0.1) is 10.1 Å². The Kier molecular flexibility index (Phi) is 5.53. The molecule has 0 aliphatic carbocycles. The second kappa shape index (κ2) is 6.93. The monoisotopic (exact) mass is 303 g/mol. The van der Waals surface area contributed by atoms with E-state index in [1.807, 2.05) is 5.32 Å². The third-order valence-corrected chi connectivity index (χ3v) is 2.53. The van der Waals surface area contributed by atoms with Crippen molar-refractivity contribution >= 4 is 11.6 Å². The van der Waals surface area contributed by atoms with E-state index >= 15 is 0 Å². The van der Waals surface area contributed by atoms with E-state index in [0.717, 1.165) is 6.07 Å². The minimum Gasteiger partial charge on any atom is -0.487 e. The summed E-state index contributed by atoms with van der Waals surface area (Å²) in [6.07, 6.45) is 0. The van der Waals surface area contributed by atoms with Crippen molar-refractivity contribution < 1.29 is 23.2 Å². The maximum absolute atomic E-state index is 13.0. The molecule has 1 amide bonds. The lowest BCUT2D eigenvalue weighted by atomic mass is 10.1. The van der Waals surface area contributed by atoms with Gasteiger partial charge in [0.05, 0.1) is 30.2 Å². The molecule has 0 radical (unpaired) electrons. The number of nitrogens with one attached hydrogen (secondary N) is 1. The number of hydrogen-bond donors (Lipinski definition) is 2. The predicted molar refractivity (Wildman–Crippen MR) is 70.6 cm³/mol. The first-order valence-electron chi connectivity index (χ1n) is 6.08. The van der Waals surface area contributed by atoms with Gasteiger partial charge in [-0.1, -0.05) is 6.07 Å². The van der Waals surface area contributed by atoms with Gasteiger partial charge in [-0.25, -0.2) is 8.78 Å². The van der Waals surface area contributed by atoms with Gasteiger partial charge in [-0.15, -0.1) is 0 Å². The highest BCUT2D eigenvalue weighted by Gasteiger charge is 2.29. The summed E-state index contributed by atoms with van der Waals surface area (Å²) in [5, 5.41) is 12.9. The molecule has 0 saturated heterocycles. The Morgan fingerprint density at radius 1 is 1.52 bits per heavy atom. The van der Waals surface area contributed by atoms with Crippen molar-refractivity contribution in [1.29, 1.82) is 0 Å². The fraction of sp³-hybridized carbons (Fsp3) is 0.417. The third kappa shape index (κ3) is 4.35. The van der Waals surface area contributed by atoms with E-state index in [1.54, 1.807) is 6.92 Å². The van der Waals surface area contributed by atoms with E-state index in [0.29, 0.717) is 0 Å². The summed E-state index contributed by atoms with van der Waals surface area (Å²) >= 11 is 0. The molecular formula is C12H15F2N3O4. The molecule has 0 heterocycles. The molecule has 116 valence electrons. The fourth-order valence-corrected chi connectivity index (χ4v) is 1.52. The normalized spacial score (nSPS) is 11.0. The van der Waals surface area contributed by atoms with Gasteiger partial charge in [-0.3, -0.25) is 14.9 Å². The molecule has 0 saturated carbocycles. The van der Waals surface area contributed by atoms with Gasteiger partial charge in [0.2, 0.25) is 5.75 Å². The number of nitrogens with zero attached hydrogens (tertiary/aromatic N) is 1. The van der Waals surface area contributed by atoms with Crippen molar-refractivity contribution in [1.82, 2.24) is 5.32 Å². The molecule has 0 fully saturated rings. The van der Waals surface area contributed by atoms with Crippen LogP contribution < -0.4 is 15.8 Å². The molecule has 21 heavy (non-hydrogen) atoms. The number of nitrogens with two attached hydrogens (primary N) is 1. The van der Waals surface area contributed by atoms with E-state index in [-0.39, 0.29) is 17.9 Å². The molecule has 0 aromatic heterocycles. The Balaban J connectivity index is 3.03. The zero-order chi connectivity index (χ0) is 16.0. The highest BCUT2D eigenvalue weighted by molar-refractivity contribution is 5.98. The molecule has 1 aromatic carbocycles. The summed E-state index contributed by atoms with van der Waals surface area (Å²) in [7, 11) is 0. The van der Waals surface area contributed by atoms with Gasteiger partial charge in [0, 0.05) is 6.07 Å². The lowest BCUT2D eigenvalue weighted by Crippen LogP contribution is -2.41. The first-order valence-corrected chi connectivity index (χ1v) is 6.08. The third-order valence-electron chi connectivity index (χ3n) is 2.53. The average molecular weight is 303 g/mol. The number of amides is 1. The molecule has 9 heteroatoms. The van der Waals surface area contributed by atoms with Crippen LogP contribution in [0.25, 0.3) is 0 Å². The summed E-state index contributed by atoms with van der Waals surface area (Å²) in [6, 6.07) is 3.70.